The lowest BCUT2D eigenvalue weighted by Gasteiger charge is -2.35. The number of carbonyl (C=O) groups is 1. The van der Waals surface area contributed by atoms with Crippen molar-refractivity contribution in [3.8, 4) is 0 Å². The molecular weight excluding hydrogens is 360 g/mol. The molecule has 0 aliphatic carbocycles. The van der Waals surface area contributed by atoms with Gasteiger partial charge >= 0.3 is 0 Å². The Hall–Kier alpha value is -2.66. The molecule has 152 valence electrons. The maximum atomic E-state index is 12.8. The quantitative estimate of drug-likeness (QED) is 0.783. The van der Waals surface area contributed by atoms with Crippen molar-refractivity contribution in [1.82, 2.24) is 14.8 Å². The van der Waals surface area contributed by atoms with Crippen LogP contribution in [0.4, 0.5) is 5.82 Å². The van der Waals surface area contributed by atoms with Crippen molar-refractivity contribution in [3.63, 3.8) is 0 Å². The first-order chi connectivity index (χ1) is 14.3. The van der Waals surface area contributed by atoms with Crippen LogP contribution in [-0.4, -0.2) is 66.5 Å². The minimum atomic E-state index is 0.151. The number of hydrogen-bond donors (Lipinski definition) is 0. The lowest BCUT2D eigenvalue weighted by Crippen LogP contribution is -2.46. The fourth-order valence-electron chi connectivity index (χ4n) is 4.07. The number of likely N-dealkylation sites (tertiary alicyclic amines) is 1. The second kappa shape index (κ2) is 9.70. The summed E-state index contributed by atoms with van der Waals surface area (Å²) in [6.45, 7) is 6.61. The summed E-state index contributed by atoms with van der Waals surface area (Å²) in [6, 6.07) is 14.2. The van der Waals surface area contributed by atoms with Gasteiger partial charge in [0.1, 0.15) is 5.82 Å². The Balaban J connectivity index is 1.30. The summed E-state index contributed by atoms with van der Waals surface area (Å²) in [5, 5.41) is 0. The van der Waals surface area contributed by atoms with E-state index < -0.39 is 0 Å². The lowest BCUT2D eigenvalue weighted by molar-refractivity contribution is 0.0724. The van der Waals surface area contributed by atoms with Crippen LogP contribution in [0.1, 0.15) is 35.2 Å². The van der Waals surface area contributed by atoms with Gasteiger partial charge in [-0.3, -0.25) is 9.69 Å². The molecule has 0 spiro atoms. The molecule has 0 atom stereocenters. The van der Waals surface area contributed by atoms with E-state index in [1.807, 2.05) is 23.1 Å². The smallest absolute Gasteiger partial charge is 0.254 e. The number of rotatable bonds is 5. The number of pyridine rings is 1. The number of nitrogens with zero attached hydrogens (tertiary/aromatic N) is 4. The molecule has 0 N–H and O–H groups in total. The van der Waals surface area contributed by atoms with Crippen LogP contribution >= 0.6 is 0 Å². The minimum absolute atomic E-state index is 0.151. The van der Waals surface area contributed by atoms with Gasteiger partial charge < -0.3 is 9.80 Å². The first kappa shape index (κ1) is 19.6. The highest BCUT2D eigenvalue weighted by Crippen LogP contribution is 2.18. The number of piperidine rings is 1. The standard InChI is InChI=1S/C24H30N4O/c29-24(28-14-5-2-6-15-28)22-11-12-25-23(20-22)27-18-16-26(17-19-27)13-7-10-21-8-3-1-4-9-21/h1,3-4,7-12,20H,2,5-6,13-19H2/b10-7+. The number of benzene rings is 1. The number of aromatic nitrogens is 1. The Morgan fingerprint density at radius 1 is 0.931 bits per heavy atom. The SMILES string of the molecule is O=C(c1ccnc(N2CCN(C/C=C/c3ccccc3)CC2)c1)N1CCCCC1. The third kappa shape index (κ3) is 5.24. The Bertz CT molecular complexity index is 822. The van der Waals surface area contributed by atoms with Gasteiger partial charge in [-0.05, 0) is 37.0 Å². The van der Waals surface area contributed by atoms with Gasteiger partial charge in [0.25, 0.3) is 5.91 Å². The molecule has 29 heavy (non-hydrogen) atoms. The molecule has 4 rings (SSSR count). The van der Waals surface area contributed by atoms with Crippen molar-refractivity contribution in [3.05, 3.63) is 65.9 Å². The molecular formula is C24H30N4O. The molecule has 1 aromatic carbocycles. The predicted molar refractivity (Wildman–Crippen MR) is 118 cm³/mol. The van der Waals surface area contributed by atoms with Crippen LogP contribution in [-0.2, 0) is 0 Å². The summed E-state index contributed by atoms with van der Waals surface area (Å²) in [7, 11) is 0. The molecule has 0 bridgehead atoms. The average molecular weight is 391 g/mol. The predicted octanol–water partition coefficient (Wildman–Crippen LogP) is 3.54. The molecule has 2 aromatic rings. The molecule has 5 nitrogen and oxygen atoms in total. The molecule has 2 aliphatic heterocycles. The van der Waals surface area contributed by atoms with Crippen molar-refractivity contribution in [2.75, 3.05) is 50.7 Å². The lowest BCUT2D eigenvalue weighted by atomic mass is 10.1. The second-order valence-corrected chi connectivity index (χ2v) is 7.86. The van der Waals surface area contributed by atoms with E-state index in [2.05, 4.69) is 51.2 Å². The number of anilines is 1. The van der Waals surface area contributed by atoms with Crippen LogP contribution in [0.2, 0.25) is 0 Å². The monoisotopic (exact) mass is 390 g/mol. The van der Waals surface area contributed by atoms with Crippen LogP contribution in [0.3, 0.4) is 0 Å². The van der Waals surface area contributed by atoms with Crippen LogP contribution < -0.4 is 4.90 Å². The number of amides is 1. The molecule has 3 heterocycles. The number of hydrogen-bond acceptors (Lipinski definition) is 4. The topological polar surface area (TPSA) is 39.7 Å². The number of carbonyl (C=O) groups excluding carboxylic acids is 1. The zero-order valence-corrected chi connectivity index (χ0v) is 17.0. The van der Waals surface area contributed by atoms with E-state index in [0.29, 0.717) is 0 Å². The normalized spacial score (nSPS) is 18.3. The van der Waals surface area contributed by atoms with Gasteiger partial charge in [0, 0.05) is 57.6 Å². The van der Waals surface area contributed by atoms with Crippen LogP contribution in [0.15, 0.2) is 54.7 Å². The first-order valence-electron chi connectivity index (χ1n) is 10.7. The summed E-state index contributed by atoms with van der Waals surface area (Å²) in [4.78, 5) is 24.1. The summed E-state index contributed by atoms with van der Waals surface area (Å²) >= 11 is 0. The zero-order valence-electron chi connectivity index (χ0n) is 17.0. The van der Waals surface area contributed by atoms with Crippen molar-refractivity contribution in [2.45, 2.75) is 19.3 Å². The van der Waals surface area contributed by atoms with Gasteiger partial charge in [0.2, 0.25) is 0 Å². The average Bonchev–Trinajstić information content (AvgIpc) is 2.80. The van der Waals surface area contributed by atoms with E-state index in [1.54, 1.807) is 6.20 Å². The zero-order chi connectivity index (χ0) is 19.9. The molecule has 0 radical (unpaired) electrons. The van der Waals surface area contributed by atoms with Gasteiger partial charge in [-0.2, -0.15) is 0 Å². The Morgan fingerprint density at radius 2 is 1.69 bits per heavy atom. The fourth-order valence-corrected chi connectivity index (χ4v) is 4.07. The molecule has 2 fully saturated rings. The largest absolute Gasteiger partial charge is 0.354 e. The van der Waals surface area contributed by atoms with E-state index >= 15 is 0 Å². The molecule has 1 aromatic heterocycles. The third-order valence-corrected chi connectivity index (χ3v) is 5.81. The van der Waals surface area contributed by atoms with Crippen LogP contribution in [0, 0.1) is 0 Å². The third-order valence-electron chi connectivity index (χ3n) is 5.81. The van der Waals surface area contributed by atoms with E-state index in [9.17, 15) is 4.79 Å². The van der Waals surface area contributed by atoms with Gasteiger partial charge in [-0.15, -0.1) is 0 Å². The highest BCUT2D eigenvalue weighted by atomic mass is 16.2. The van der Waals surface area contributed by atoms with Gasteiger partial charge in [0.15, 0.2) is 0 Å². The maximum absolute atomic E-state index is 12.8. The molecule has 2 saturated heterocycles. The van der Waals surface area contributed by atoms with Crippen LogP contribution in [0.25, 0.3) is 6.08 Å². The molecule has 0 unspecified atom stereocenters. The molecule has 2 aliphatic rings. The summed E-state index contributed by atoms with van der Waals surface area (Å²) in [5.74, 6) is 1.07. The van der Waals surface area contributed by atoms with Crippen LogP contribution in [0.5, 0.6) is 0 Å². The molecule has 1 amide bonds. The molecule has 0 saturated carbocycles. The van der Waals surface area contributed by atoms with Gasteiger partial charge in [-0.1, -0.05) is 42.5 Å². The molecule has 5 heteroatoms. The minimum Gasteiger partial charge on any atom is -0.354 e. The van der Waals surface area contributed by atoms with E-state index in [0.717, 1.165) is 70.0 Å². The highest BCUT2D eigenvalue weighted by Gasteiger charge is 2.21. The Morgan fingerprint density at radius 3 is 2.45 bits per heavy atom. The maximum Gasteiger partial charge on any atom is 0.254 e. The summed E-state index contributed by atoms with van der Waals surface area (Å²) < 4.78 is 0. The van der Waals surface area contributed by atoms with Crippen molar-refractivity contribution < 1.29 is 4.79 Å². The highest BCUT2D eigenvalue weighted by molar-refractivity contribution is 5.94. The van der Waals surface area contributed by atoms with E-state index in [-0.39, 0.29) is 5.91 Å². The number of piperazine rings is 1. The summed E-state index contributed by atoms with van der Waals surface area (Å²) in [6.07, 6.45) is 9.66. The summed E-state index contributed by atoms with van der Waals surface area (Å²) in [5.41, 5.74) is 2.01. The van der Waals surface area contributed by atoms with Crippen molar-refractivity contribution in [2.24, 2.45) is 0 Å². The first-order valence-corrected chi connectivity index (χ1v) is 10.7. The Labute approximate surface area is 173 Å². The van der Waals surface area contributed by atoms with Crippen molar-refractivity contribution in [1.29, 1.82) is 0 Å². The Kier molecular flexibility index (Phi) is 6.57. The van der Waals surface area contributed by atoms with Gasteiger partial charge in [-0.25, -0.2) is 4.98 Å². The fraction of sp³-hybridized carbons (Fsp3) is 0.417. The second-order valence-electron chi connectivity index (χ2n) is 7.86. The van der Waals surface area contributed by atoms with E-state index in [4.69, 9.17) is 0 Å². The van der Waals surface area contributed by atoms with E-state index in [1.165, 1.54) is 12.0 Å². The van der Waals surface area contributed by atoms with Gasteiger partial charge in [0.05, 0.1) is 0 Å². The van der Waals surface area contributed by atoms with Crippen molar-refractivity contribution >= 4 is 17.8 Å².